The molecule has 2 atom stereocenters. The van der Waals surface area contributed by atoms with Gasteiger partial charge in [-0.25, -0.2) is 14.6 Å². The molecule has 0 spiro atoms. The zero-order chi connectivity index (χ0) is 25.7. The lowest BCUT2D eigenvalue weighted by Gasteiger charge is -2.38. The van der Waals surface area contributed by atoms with Crippen molar-refractivity contribution in [1.82, 2.24) is 25.4 Å². The van der Waals surface area contributed by atoms with E-state index in [0.29, 0.717) is 43.7 Å². The molecule has 0 radical (unpaired) electrons. The minimum absolute atomic E-state index is 0.000657. The number of halogens is 1. The van der Waals surface area contributed by atoms with E-state index < -0.39 is 17.8 Å². The average Bonchev–Trinajstić information content (AvgIpc) is 3.62. The highest BCUT2D eigenvalue weighted by Gasteiger charge is 2.41. The predicted molar refractivity (Wildman–Crippen MR) is 132 cm³/mol. The summed E-state index contributed by atoms with van der Waals surface area (Å²) < 4.78 is 16.5. The van der Waals surface area contributed by atoms with E-state index in [2.05, 4.69) is 10.3 Å². The van der Waals surface area contributed by atoms with Gasteiger partial charge in [-0.3, -0.25) is 24.5 Å². The largest absolute Gasteiger partial charge is 0.297 e. The molecule has 2 aromatic rings. The minimum atomic E-state index is -0.676. The Hall–Kier alpha value is -2.89. The first-order chi connectivity index (χ1) is 17.4. The first-order valence-corrected chi connectivity index (χ1v) is 13.0. The highest BCUT2D eigenvalue weighted by atomic mass is 32.2. The van der Waals surface area contributed by atoms with E-state index >= 15 is 0 Å². The van der Waals surface area contributed by atoms with Crippen molar-refractivity contribution in [2.24, 2.45) is 5.92 Å². The first-order valence-electron chi connectivity index (χ1n) is 12.1. The number of Topliss-reactive ketones (excluding diaryl/α,β-unsaturated/α-hetero) is 1. The summed E-state index contributed by atoms with van der Waals surface area (Å²) in [5, 5.41) is 16.7. The van der Waals surface area contributed by atoms with Crippen LogP contribution in [0.5, 0.6) is 0 Å². The summed E-state index contributed by atoms with van der Waals surface area (Å²) in [7, 11) is 0. The molecule has 9 nitrogen and oxygen atoms in total. The molecule has 2 aliphatic rings. The number of hydroxylamine groups is 1. The van der Waals surface area contributed by atoms with Gasteiger partial charge in [-0.05, 0) is 43.4 Å². The van der Waals surface area contributed by atoms with Crippen molar-refractivity contribution in [3.05, 3.63) is 53.1 Å². The van der Waals surface area contributed by atoms with E-state index in [9.17, 15) is 18.8 Å². The molecule has 36 heavy (non-hydrogen) atoms. The lowest BCUT2D eigenvalue weighted by atomic mass is 9.93. The summed E-state index contributed by atoms with van der Waals surface area (Å²) in [4.78, 5) is 38.6. The Morgan fingerprint density at radius 2 is 2.06 bits per heavy atom. The van der Waals surface area contributed by atoms with Crippen LogP contribution in [0, 0.1) is 11.7 Å². The van der Waals surface area contributed by atoms with Gasteiger partial charge >= 0.3 is 0 Å². The van der Waals surface area contributed by atoms with Gasteiger partial charge in [0.2, 0.25) is 5.91 Å². The van der Waals surface area contributed by atoms with Crippen LogP contribution in [0.4, 0.5) is 4.39 Å². The molecule has 2 unspecified atom stereocenters. The number of amides is 1. The summed E-state index contributed by atoms with van der Waals surface area (Å²) in [5.74, 6) is -0.856. The highest BCUT2D eigenvalue weighted by Crippen LogP contribution is 2.40. The van der Waals surface area contributed by atoms with Crippen molar-refractivity contribution >= 4 is 34.6 Å². The molecule has 1 aromatic carbocycles. The Bertz CT molecular complexity index is 1150. The number of hydrogen-bond acceptors (Lipinski definition) is 8. The number of piperidine rings is 1. The molecule has 11 heteroatoms. The van der Waals surface area contributed by atoms with Gasteiger partial charge in [0.15, 0.2) is 10.9 Å². The molecule has 2 fully saturated rings. The summed E-state index contributed by atoms with van der Waals surface area (Å²) in [6.45, 7) is 2.91. The molecule has 0 bridgehead atoms. The molecule has 1 amide bonds. The maximum absolute atomic E-state index is 14.8. The van der Waals surface area contributed by atoms with E-state index in [1.54, 1.807) is 34.6 Å². The number of likely N-dealkylation sites (tertiary alicyclic amines) is 1. The van der Waals surface area contributed by atoms with Crippen molar-refractivity contribution in [3.8, 4) is 0 Å². The lowest BCUT2D eigenvalue weighted by Crippen LogP contribution is -2.43. The standard InChI is InChI=1S/C25H30FN5O4S/c1-16(32)36-22-10-12-30(24(25(34)17-8-9-17)20-5-2-3-6-21(20)26)15-18(22)13-19-14-27-29-31(19)11-4-7-23(33)28-35/h2-3,5-6,13-14,17,22,24,35H,4,7-12,15H2,1H3,(H,28,33). The van der Waals surface area contributed by atoms with Gasteiger partial charge in [-0.15, -0.1) is 5.10 Å². The topological polar surface area (TPSA) is 117 Å². The SMILES string of the molecule is CC(=O)SC1CCN(C(C(=O)C2CC2)c2ccccc2F)CC1=Cc1cnnn1CCCC(=O)NO. The van der Waals surface area contributed by atoms with Crippen LogP contribution in [-0.2, 0) is 20.9 Å². The van der Waals surface area contributed by atoms with Crippen molar-refractivity contribution in [3.63, 3.8) is 0 Å². The van der Waals surface area contributed by atoms with Gasteiger partial charge in [-0.1, -0.05) is 35.2 Å². The van der Waals surface area contributed by atoms with Crippen molar-refractivity contribution in [2.75, 3.05) is 13.1 Å². The minimum Gasteiger partial charge on any atom is -0.297 e. The molecule has 1 saturated heterocycles. The predicted octanol–water partition coefficient (Wildman–Crippen LogP) is 3.16. The quantitative estimate of drug-likeness (QED) is 0.366. The number of thioether (sulfide) groups is 1. The summed E-state index contributed by atoms with van der Waals surface area (Å²) in [6, 6.07) is 5.77. The monoisotopic (exact) mass is 515 g/mol. The van der Waals surface area contributed by atoms with E-state index in [4.69, 9.17) is 5.21 Å². The zero-order valence-electron chi connectivity index (χ0n) is 20.1. The van der Waals surface area contributed by atoms with Crippen LogP contribution in [-0.4, -0.2) is 60.2 Å². The fourth-order valence-corrected chi connectivity index (χ4v) is 5.50. The molecule has 192 valence electrons. The van der Waals surface area contributed by atoms with E-state index in [0.717, 1.165) is 18.4 Å². The Kier molecular flexibility index (Phi) is 8.65. The van der Waals surface area contributed by atoms with Crippen LogP contribution in [0.3, 0.4) is 0 Å². The number of aryl methyl sites for hydroxylation is 1. The van der Waals surface area contributed by atoms with Gasteiger partial charge < -0.3 is 0 Å². The van der Waals surface area contributed by atoms with Crippen LogP contribution >= 0.6 is 11.8 Å². The second kappa shape index (κ2) is 11.9. The Balaban J connectivity index is 1.61. The molecule has 4 rings (SSSR count). The molecular formula is C25H30FN5O4S. The van der Waals surface area contributed by atoms with Gasteiger partial charge in [0, 0.05) is 49.7 Å². The number of nitrogens with zero attached hydrogens (tertiary/aromatic N) is 4. The Morgan fingerprint density at radius 1 is 1.28 bits per heavy atom. The normalized spacial score (nSPS) is 20.3. The highest BCUT2D eigenvalue weighted by molar-refractivity contribution is 8.14. The number of rotatable bonds is 10. The molecule has 1 aliphatic carbocycles. The summed E-state index contributed by atoms with van der Waals surface area (Å²) >= 11 is 1.25. The number of nitrogens with one attached hydrogen (secondary N) is 1. The third-order valence-corrected chi connectivity index (χ3v) is 7.63. The van der Waals surface area contributed by atoms with Gasteiger partial charge in [0.1, 0.15) is 5.82 Å². The van der Waals surface area contributed by atoms with Crippen LogP contribution in [0.25, 0.3) is 6.08 Å². The van der Waals surface area contributed by atoms with Crippen molar-refractivity contribution in [2.45, 2.75) is 56.9 Å². The van der Waals surface area contributed by atoms with E-state index in [1.807, 2.05) is 11.0 Å². The van der Waals surface area contributed by atoms with Crippen LogP contribution < -0.4 is 5.48 Å². The van der Waals surface area contributed by atoms with E-state index in [-0.39, 0.29) is 28.5 Å². The van der Waals surface area contributed by atoms with E-state index in [1.165, 1.54) is 24.8 Å². The molecule has 2 heterocycles. The number of aromatic nitrogens is 3. The second-order valence-electron chi connectivity index (χ2n) is 9.20. The third kappa shape index (κ3) is 6.45. The average molecular weight is 516 g/mol. The maximum atomic E-state index is 14.8. The smallest absolute Gasteiger partial charge is 0.243 e. The maximum Gasteiger partial charge on any atom is 0.243 e. The second-order valence-corrected chi connectivity index (χ2v) is 10.6. The number of ketones is 1. The third-order valence-electron chi connectivity index (χ3n) is 6.48. The number of hydrogen-bond donors (Lipinski definition) is 2. The zero-order valence-corrected chi connectivity index (χ0v) is 20.9. The van der Waals surface area contributed by atoms with Gasteiger partial charge in [0.05, 0.1) is 17.9 Å². The van der Waals surface area contributed by atoms with Crippen LogP contribution in [0.2, 0.25) is 0 Å². The van der Waals surface area contributed by atoms with Gasteiger partial charge in [-0.2, -0.15) is 0 Å². The fourth-order valence-electron chi connectivity index (χ4n) is 4.58. The number of carbonyl (C=O) groups is 3. The molecular weight excluding hydrogens is 485 g/mol. The fraction of sp³-hybridized carbons (Fsp3) is 0.480. The summed E-state index contributed by atoms with van der Waals surface area (Å²) in [6.07, 6.45) is 6.43. The molecule has 1 aliphatic heterocycles. The molecule has 2 N–H and O–H groups in total. The molecule has 1 saturated carbocycles. The molecule has 1 aromatic heterocycles. The number of benzene rings is 1. The van der Waals surface area contributed by atoms with Gasteiger partial charge in [0.25, 0.3) is 0 Å². The summed E-state index contributed by atoms with van der Waals surface area (Å²) in [5.41, 5.74) is 3.65. The van der Waals surface area contributed by atoms with Crippen LogP contribution in [0.1, 0.15) is 56.3 Å². The lowest BCUT2D eigenvalue weighted by molar-refractivity contribution is -0.129. The van der Waals surface area contributed by atoms with Crippen molar-refractivity contribution in [1.29, 1.82) is 0 Å². The number of carbonyl (C=O) groups excluding carboxylic acids is 3. The first kappa shape index (κ1) is 26.2. The Morgan fingerprint density at radius 3 is 2.75 bits per heavy atom. The van der Waals surface area contributed by atoms with Crippen LogP contribution in [0.15, 0.2) is 36.0 Å². The Labute approximate surface area is 213 Å². The van der Waals surface area contributed by atoms with Crippen molar-refractivity contribution < 1.29 is 24.0 Å².